The number of benzene rings is 1. The molecule has 1 aliphatic rings. The summed E-state index contributed by atoms with van der Waals surface area (Å²) in [5, 5.41) is 3.44. The molecular weight excluding hydrogens is 374 g/mol. The van der Waals surface area contributed by atoms with Gasteiger partial charge in [0.1, 0.15) is 10.8 Å². The van der Waals surface area contributed by atoms with E-state index in [-0.39, 0.29) is 12.5 Å². The minimum Gasteiger partial charge on any atom is -0.483 e. The highest BCUT2D eigenvalue weighted by Crippen LogP contribution is 2.38. The van der Waals surface area contributed by atoms with Gasteiger partial charge in [0.05, 0.1) is 12.7 Å². The fourth-order valence-corrected chi connectivity index (χ4v) is 4.81. The fourth-order valence-electron chi connectivity index (χ4n) is 3.52. The van der Waals surface area contributed by atoms with Gasteiger partial charge in [-0.15, -0.1) is 11.3 Å². The van der Waals surface area contributed by atoms with E-state index in [1.54, 1.807) is 0 Å². The predicted molar refractivity (Wildman–Crippen MR) is 112 cm³/mol. The normalized spacial score (nSPS) is 14.1. The highest BCUT2D eigenvalue weighted by molar-refractivity contribution is 7.17. The zero-order valence-electron chi connectivity index (χ0n) is 16.7. The van der Waals surface area contributed by atoms with Crippen LogP contribution in [0.1, 0.15) is 65.4 Å². The molecule has 0 aliphatic heterocycles. The maximum absolute atomic E-state index is 12.5. The summed E-state index contributed by atoms with van der Waals surface area (Å²) in [4.78, 5) is 26.0. The molecule has 6 heteroatoms. The minimum absolute atomic E-state index is 0.101. The molecule has 2 aromatic rings. The van der Waals surface area contributed by atoms with E-state index in [2.05, 4.69) is 19.2 Å². The molecule has 28 heavy (non-hydrogen) atoms. The fraction of sp³-hybridized carbons (Fsp3) is 0.455. The number of carbonyl (C=O) groups is 2. The maximum atomic E-state index is 12.5. The smallest absolute Gasteiger partial charge is 0.341 e. The van der Waals surface area contributed by atoms with Crippen LogP contribution in [0, 0.1) is 0 Å². The molecule has 0 fully saturated rings. The Morgan fingerprint density at radius 3 is 2.71 bits per heavy atom. The largest absolute Gasteiger partial charge is 0.483 e. The van der Waals surface area contributed by atoms with E-state index >= 15 is 0 Å². The van der Waals surface area contributed by atoms with Gasteiger partial charge in [-0.1, -0.05) is 32.0 Å². The van der Waals surface area contributed by atoms with E-state index in [9.17, 15) is 9.59 Å². The molecule has 1 N–H and O–H groups in total. The number of amides is 1. The Labute approximate surface area is 170 Å². The van der Waals surface area contributed by atoms with Crippen molar-refractivity contribution in [1.29, 1.82) is 0 Å². The number of carbonyl (C=O) groups excluding carboxylic acids is 2. The third-order valence-corrected chi connectivity index (χ3v) is 6.44. The second-order valence-corrected chi connectivity index (χ2v) is 8.20. The number of fused-ring (bicyclic) bond motifs is 1. The zero-order valence-corrected chi connectivity index (χ0v) is 17.5. The quantitative estimate of drug-likeness (QED) is 0.667. The number of hydrogen-bond acceptors (Lipinski definition) is 5. The van der Waals surface area contributed by atoms with Crippen LogP contribution >= 0.6 is 11.3 Å². The lowest BCUT2D eigenvalue weighted by Gasteiger charge is -2.15. The molecule has 1 atom stereocenters. The number of aryl methyl sites for hydroxylation is 1. The summed E-state index contributed by atoms with van der Waals surface area (Å²) in [6, 6.07) is 7.80. The summed E-state index contributed by atoms with van der Waals surface area (Å²) in [6.07, 6.45) is 4.95. The first-order valence-electron chi connectivity index (χ1n) is 9.79. The summed E-state index contributed by atoms with van der Waals surface area (Å²) < 4.78 is 10.8. The van der Waals surface area contributed by atoms with Gasteiger partial charge in [-0.3, -0.25) is 4.79 Å². The molecule has 1 aliphatic carbocycles. The van der Waals surface area contributed by atoms with Crippen LogP contribution in [0.4, 0.5) is 5.00 Å². The van der Waals surface area contributed by atoms with Crippen LogP contribution in [-0.2, 0) is 22.4 Å². The Kier molecular flexibility index (Phi) is 6.73. The Morgan fingerprint density at radius 2 is 1.96 bits per heavy atom. The monoisotopic (exact) mass is 401 g/mol. The topological polar surface area (TPSA) is 64.6 Å². The van der Waals surface area contributed by atoms with Gasteiger partial charge < -0.3 is 14.8 Å². The van der Waals surface area contributed by atoms with E-state index in [4.69, 9.17) is 9.47 Å². The molecule has 1 amide bonds. The van der Waals surface area contributed by atoms with Crippen molar-refractivity contribution >= 4 is 28.2 Å². The molecule has 1 unspecified atom stereocenters. The molecule has 1 heterocycles. The molecule has 1 aromatic heterocycles. The van der Waals surface area contributed by atoms with E-state index in [1.165, 1.54) is 23.3 Å². The predicted octanol–water partition coefficient (Wildman–Crippen LogP) is 4.94. The van der Waals surface area contributed by atoms with Crippen molar-refractivity contribution in [3.63, 3.8) is 0 Å². The number of esters is 1. The number of methoxy groups -OCH3 is 1. The summed E-state index contributed by atoms with van der Waals surface area (Å²) in [6.45, 7) is 4.17. The van der Waals surface area contributed by atoms with E-state index in [0.717, 1.165) is 49.0 Å². The van der Waals surface area contributed by atoms with Crippen LogP contribution < -0.4 is 10.1 Å². The number of thiophene rings is 1. The number of hydrogen-bond donors (Lipinski definition) is 1. The molecule has 0 bridgehead atoms. The molecule has 0 radical (unpaired) electrons. The number of para-hydroxylation sites is 1. The summed E-state index contributed by atoms with van der Waals surface area (Å²) in [5.41, 5.74) is 2.64. The average Bonchev–Trinajstić information content (AvgIpc) is 3.09. The average molecular weight is 402 g/mol. The standard InChI is InChI=1S/C22H27NO4S/c1-4-14(2)15-9-5-7-11-17(15)27-13-19(24)23-21-20(22(25)26-3)16-10-6-8-12-18(16)28-21/h5,7,9,11,14H,4,6,8,10,12-13H2,1-3H3,(H,23,24). The lowest BCUT2D eigenvalue weighted by Crippen LogP contribution is -2.21. The van der Waals surface area contributed by atoms with Gasteiger partial charge in [0.25, 0.3) is 5.91 Å². The number of ether oxygens (including phenoxy) is 2. The van der Waals surface area contributed by atoms with Crippen molar-refractivity contribution in [3.8, 4) is 5.75 Å². The first-order valence-corrected chi connectivity index (χ1v) is 10.6. The van der Waals surface area contributed by atoms with Crippen LogP contribution in [0.3, 0.4) is 0 Å². The molecule has 5 nitrogen and oxygen atoms in total. The van der Waals surface area contributed by atoms with Gasteiger partial charge in [-0.2, -0.15) is 0 Å². The van der Waals surface area contributed by atoms with Gasteiger partial charge in [0, 0.05) is 4.88 Å². The van der Waals surface area contributed by atoms with E-state index < -0.39 is 5.97 Å². The van der Waals surface area contributed by atoms with Gasteiger partial charge in [0.15, 0.2) is 6.61 Å². The summed E-state index contributed by atoms with van der Waals surface area (Å²) >= 11 is 1.48. The van der Waals surface area contributed by atoms with Gasteiger partial charge in [0.2, 0.25) is 0 Å². The highest BCUT2D eigenvalue weighted by Gasteiger charge is 2.27. The van der Waals surface area contributed by atoms with Crippen molar-refractivity contribution in [2.24, 2.45) is 0 Å². The van der Waals surface area contributed by atoms with Crippen LogP contribution in [0.5, 0.6) is 5.75 Å². The van der Waals surface area contributed by atoms with Crippen molar-refractivity contribution in [2.75, 3.05) is 19.0 Å². The van der Waals surface area contributed by atoms with E-state index in [1.807, 2.05) is 24.3 Å². The second-order valence-electron chi connectivity index (χ2n) is 7.09. The maximum Gasteiger partial charge on any atom is 0.341 e. The van der Waals surface area contributed by atoms with E-state index in [0.29, 0.717) is 16.5 Å². The Morgan fingerprint density at radius 1 is 1.21 bits per heavy atom. The first-order chi connectivity index (χ1) is 13.5. The van der Waals surface area contributed by atoms with Crippen LogP contribution in [0.15, 0.2) is 24.3 Å². The molecule has 0 spiro atoms. The number of nitrogens with one attached hydrogen (secondary N) is 1. The summed E-state index contributed by atoms with van der Waals surface area (Å²) in [5.74, 6) is 0.417. The van der Waals surface area contributed by atoms with Gasteiger partial charge >= 0.3 is 5.97 Å². The minimum atomic E-state index is -0.391. The molecule has 0 saturated heterocycles. The second kappa shape index (κ2) is 9.24. The van der Waals surface area contributed by atoms with Crippen molar-refractivity contribution in [2.45, 2.75) is 51.9 Å². The molecule has 150 valence electrons. The van der Waals surface area contributed by atoms with Crippen LogP contribution in [0.2, 0.25) is 0 Å². The highest BCUT2D eigenvalue weighted by atomic mass is 32.1. The lowest BCUT2D eigenvalue weighted by molar-refractivity contribution is -0.118. The van der Waals surface area contributed by atoms with Crippen molar-refractivity contribution in [3.05, 3.63) is 45.8 Å². The Balaban J connectivity index is 1.73. The Bertz CT molecular complexity index is 858. The van der Waals surface area contributed by atoms with Crippen LogP contribution in [-0.4, -0.2) is 25.6 Å². The molecule has 3 rings (SSSR count). The SMILES string of the molecule is CCC(C)c1ccccc1OCC(=O)Nc1sc2c(c1C(=O)OC)CCCC2. The zero-order chi connectivity index (χ0) is 20.1. The van der Waals surface area contributed by atoms with Crippen LogP contribution in [0.25, 0.3) is 0 Å². The molecule has 1 aromatic carbocycles. The number of rotatable bonds is 7. The van der Waals surface area contributed by atoms with Crippen molar-refractivity contribution < 1.29 is 19.1 Å². The molecular formula is C22H27NO4S. The lowest BCUT2D eigenvalue weighted by atomic mass is 9.95. The summed E-state index contributed by atoms with van der Waals surface area (Å²) in [7, 11) is 1.37. The first kappa shape index (κ1) is 20.4. The van der Waals surface area contributed by atoms with Crippen molar-refractivity contribution in [1.82, 2.24) is 0 Å². The third kappa shape index (κ3) is 4.38. The molecule has 0 saturated carbocycles. The van der Waals surface area contributed by atoms with Gasteiger partial charge in [-0.05, 0) is 55.2 Å². The number of anilines is 1. The third-order valence-electron chi connectivity index (χ3n) is 5.23. The van der Waals surface area contributed by atoms with Gasteiger partial charge in [-0.25, -0.2) is 4.79 Å². The Hall–Kier alpha value is -2.34.